The van der Waals surface area contributed by atoms with Crippen molar-refractivity contribution >= 4 is 21.6 Å². The predicted octanol–water partition coefficient (Wildman–Crippen LogP) is 2.75. The van der Waals surface area contributed by atoms with Crippen LogP contribution in [0.5, 0.6) is 0 Å². The van der Waals surface area contributed by atoms with Gasteiger partial charge in [-0.15, -0.1) is 0 Å². The Morgan fingerprint density at radius 2 is 1.54 bits per heavy atom. The number of carbonyl (C=O) groups is 1. The van der Waals surface area contributed by atoms with E-state index in [1.165, 1.54) is 24.3 Å². The number of amides is 1. The molecule has 0 saturated carbocycles. The van der Waals surface area contributed by atoms with Crippen LogP contribution in [0.15, 0.2) is 48.5 Å². The topological polar surface area (TPSA) is 89.3 Å². The van der Waals surface area contributed by atoms with E-state index in [1.807, 2.05) is 0 Å². The second-order valence-corrected chi connectivity index (χ2v) is 6.65. The highest BCUT2D eigenvalue weighted by Crippen LogP contribution is 2.29. The molecule has 128 valence electrons. The van der Waals surface area contributed by atoms with Gasteiger partial charge in [0, 0.05) is 11.3 Å². The molecular formula is C15H13F3N2O3S. The van der Waals surface area contributed by atoms with Gasteiger partial charge in [-0.2, -0.15) is 13.2 Å². The van der Waals surface area contributed by atoms with Gasteiger partial charge in [-0.05, 0) is 42.0 Å². The first-order valence-electron chi connectivity index (χ1n) is 6.63. The maximum atomic E-state index is 12.5. The third kappa shape index (κ3) is 5.07. The molecule has 0 fully saturated rings. The van der Waals surface area contributed by atoms with E-state index in [0.717, 1.165) is 24.3 Å². The minimum Gasteiger partial charge on any atom is -0.322 e. The SMILES string of the molecule is NS(=O)(=O)Cc1ccc(NC(=O)c2ccc(C(F)(F)F)cc2)cc1. The number of alkyl halides is 3. The molecule has 0 atom stereocenters. The molecular weight excluding hydrogens is 345 g/mol. The lowest BCUT2D eigenvalue weighted by Crippen LogP contribution is -2.15. The lowest BCUT2D eigenvalue weighted by Gasteiger charge is -2.09. The largest absolute Gasteiger partial charge is 0.416 e. The molecule has 0 radical (unpaired) electrons. The summed E-state index contributed by atoms with van der Waals surface area (Å²) in [6.45, 7) is 0. The van der Waals surface area contributed by atoms with Gasteiger partial charge in [0.05, 0.1) is 11.3 Å². The smallest absolute Gasteiger partial charge is 0.322 e. The first-order chi connectivity index (χ1) is 11.0. The van der Waals surface area contributed by atoms with Gasteiger partial charge in [0.2, 0.25) is 10.0 Å². The lowest BCUT2D eigenvalue weighted by molar-refractivity contribution is -0.137. The van der Waals surface area contributed by atoms with Gasteiger partial charge in [0.15, 0.2) is 0 Å². The number of anilines is 1. The van der Waals surface area contributed by atoms with Crippen molar-refractivity contribution < 1.29 is 26.4 Å². The van der Waals surface area contributed by atoms with Crippen LogP contribution in [0.25, 0.3) is 0 Å². The maximum Gasteiger partial charge on any atom is 0.416 e. The van der Waals surface area contributed by atoms with Crippen LogP contribution in [0, 0.1) is 0 Å². The molecule has 1 amide bonds. The van der Waals surface area contributed by atoms with Crippen molar-refractivity contribution in [2.24, 2.45) is 5.14 Å². The van der Waals surface area contributed by atoms with Gasteiger partial charge < -0.3 is 5.32 Å². The maximum absolute atomic E-state index is 12.5. The number of sulfonamides is 1. The molecule has 2 aromatic rings. The van der Waals surface area contributed by atoms with E-state index >= 15 is 0 Å². The number of carbonyl (C=O) groups excluding carboxylic acids is 1. The van der Waals surface area contributed by atoms with Crippen LogP contribution in [0.1, 0.15) is 21.5 Å². The monoisotopic (exact) mass is 358 g/mol. The molecule has 0 bridgehead atoms. The number of hydrogen-bond acceptors (Lipinski definition) is 3. The summed E-state index contributed by atoms with van der Waals surface area (Å²) in [5.41, 5.74) is 0.0473. The van der Waals surface area contributed by atoms with Crippen molar-refractivity contribution in [3.63, 3.8) is 0 Å². The predicted molar refractivity (Wildman–Crippen MR) is 82.7 cm³/mol. The van der Waals surface area contributed by atoms with Crippen molar-refractivity contribution in [3.05, 3.63) is 65.2 Å². The van der Waals surface area contributed by atoms with E-state index in [4.69, 9.17) is 5.14 Å². The molecule has 3 N–H and O–H groups in total. The van der Waals surface area contributed by atoms with E-state index in [2.05, 4.69) is 5.32 Å². The molecule has 0 heterocycles. The first kappa shape index (κ1) is 18.0. The van der Waals surface area contributed by atoms with Crippen LogP contribution in [-0.4, -0.2) is 14.3 Å². The fourth-order valence-electron chi connectivity index (χ4n) is 1.93. The van der Waals surface area contributed by atoms with Gasteiger partial charge >= 0.3 is 6.18 Å². The Morgan fingerprint density at radius 1 is 1.00 bits per heavy atom. The third-order valence-corrected chi connectivity index (χ3v) is 3.79. The van der Waals surface area contributed by atoms with Crippen LogP contribution in [0.4, 0.5) is 18.9 Å². The van der Waals surface area contributed by atoms with E-state index in [9.17, 15) is 26.4 Å². The fourth-order valence-corrected chi connectivity index (χ4v) is 2.59. The summed E-state index contributed by atoms with van der Waals surface area (Å²) in [6.07, 6.45) is -4.46. The van der Waals surface area contributed by atoms with Crippen molar-refractivity contribution in [1.29, 1.82) is 0 Å². The second-order valence-electron chi connectivity index (χ2n) is 5.03. The summed E-state index contributed by atoms with van der Waals surface area (Å²) >= 11 is 0. The molecule has 0 aliphatic heterocycles. The summed E-state index contributed by atoms with van der Waals surface area (Å²) < 4.78 is 59.4. The highest BCUT2D eigenvalue weighted by atomic mass is 32.2. The normalized spacial score (nSPS) is 12.0. The zero-order valence-corrected chi connectivity index (χ0v) is 13.0. The summed E-state index contributed by atoms with van der Waals surface area (Å²) in [7, 11) is -3.65. The minimum atomic E-state index is -4.46. The highest BCUT2D eigenvalue weighted by molar-refractivity contribution is 7.88. The Balaban J connectivity index is 2.07. The van der Waals surface area contributed by atoms with Crippen molar-refractivity contribution in [2.45, 2.75) is 11.9 Å². The summed E-state index contributed by atoms with van der Waals surface area (Å²) in [4.78, 5) is 12.0. The van der Waals surface area contributed by atoms with E-state index < -0.39 is 27.7 Å². The second kappa shape index (κ2) is 6.62. The molecule has 2 rings (SSSR count). The van der Waals surface area contributed by atoms with Crippen LogP contribution >= 0.6 is 0 Å². The lowest BCUT2D eigenvalue weighted by atomic mass is 10.1. The van der Waals surface area contributed by atoms with Gasteiger partial charge in [-0.3, -0.25) is 4.79 Å². The van der Waals surface area contributed by atoms with E-state index in [-0.39, 0.29) is 11.3 Å². The van der Waals surface area contributed by atoms with Crippen LogP contribution in [0.2, 0.25) is 0 Å². The standard InChI is InChI=1S/C15H13F3N2O3S/c16-15(17,18)12-5-3-11(4-6-12)14(21)20-13-7-1-10(2-8-13)9-24(19,22)23/h1-8H,9H2,(H,20,21)(H2,19,22,23). The average Bonchev–Trinajstić information content (AvgIpc) is 2.47. The highest BCUT2D eigenvalue weighted by Gasteiger charge is 2.30. The molecule has 0 aliphatic rings. The van der Waals surface area contributed by atoms with E-state index in [1.54, 1.807) is 0 Å². The van der Waals surface area contributed by atoms with Crippen molar-refractivity contribution in [1.82, 2.24) is 0 Å². The van der Waals surface area contributed by atoms with E-state index in [0.29, 0.717) is 11.3 Å². The summed E-state index contributed by atoms with van der Waals surface area (Å²) in [6, 6.07) is 9.71. The van der Waals surface area contributed by atoms with Crippen LogP contribution in [-0.2, 0) is 22.0 Å². The number of rotatable bonds is 4. The number of primary sulfonamides is 1. The molecule has 5 nitrogen and oxygen atoms in total. The Hall–Kier alpha value is -2.39. The van der Waals surface area contributed by atoms with Gasteiger partial charge in [-0.25, -0.2) is 13.6 Å². The molecule has 0 saturated heterocycles. The molecule has 0 aromatic heterocycles. The zero-order chi connectivity index (χ0) is 18.0. The number of benzene rings is 2. The van der Waals surface area contributed by atoms with Crippen molar-refractivity contribution in [3.8, 4) is 0 Å². The molecule has 0 unspecified atom stereocenters. The zero-order valence-electron chi connectivity index (χ0n) is 12.2. The molecule has 0 spiro atoms. The van der Waals surface area contributed by atoms with Crippen LogP contribution < -0.4 is 10.5 Å². The quantitative estimate of drug-likeness (QED) is 0.881. The summed E-state index contributed by atoms with van der Waals surface area (Å²) in [5.74, 6) is -0.914. The molecule has 24 heavy (non-hydrogen) atoms. The Kier molecular flexibility index (Phi) is 4.95. The van der Waals surface area contributed by atoms with Gasteiger partial charge in [0.1, 0.15) is 0 Å². The molecule has 2 aromatic carbocycles. The van der Waals surface area contributed by atoms with Crippen molar-refractivity contribution in [2.75, 3.05) is 5.32 Å². The number of halogens is 3. The third-order valence-electron chi connectivity index (χ3n) is 3.05. The molecule has 0 aliphatic carbocycles. The Bertz CT molecular complexity index is 830. The first-order valence-corrected chi connectivity index (χ1v) is 8.34. The van der Waals surface area contributed by atoms with Gasteiger partial charge in [-0.1, -0.05) is 12.1 Å². The number of nitrogens with two attached hydrogens (primary N) is 1. The fraction of sp³-hybridized carbons (Fsp3) is 0.133. The number of hydrogen-bond donors (Lipinski definition) is 2. The summed E-state index contributed by atoms with van der Waals surface area (Å²) in [5, 5.41) is 7.43. The average molecular weight is 358 g/mol. The Morgan fingerprint density at radius 3 is 2.00 bits per heavy atom. The van der Waals surface area contributed by atoms with Crippen LogP contribution in [0.3, 0.4) is 0 Å². The molecule has 9 heteroatoms. The number of nitrogens with one attached hydrogen (secondary N) is 1. The van der Waals surface area contributed by atoms with Gasteiger partial charge in [0.25, 0.3) is 5.91 Å². The Labute approximate surface area is 136 Å². The minimum absolute atomic E-state index is 0.0663.